The van der Waals surface area contributed by atoms with Crippen LogP contribution in [-0.2, 0) is 10.0 Å². The molecule has 1 aromatic carbocycles. The molecule has 0 saturated heterocycles. The van der Waals surface area contributed by atoms with Crippen LogP contribution in [0.4, 0.5) is 0 Å². The van der Waals surface area contributed by atoms with E-state index in [9.17, 15) is 8.42 Å². The molecule has 4 nitrogen and oxygen atoms in total. The monoisotopic (exact) mass is 332 g/mol. The molecule has 2 aromatic rings. The fourth-order valence-corrected chi connectivity index (χ4v) is 4.99. The smallest absolute Gasteiger partial charge is 0.245 e. The van der Waals surface area contributed by atoms with Crippen LogP contribution in [0.25, 0.3) is 10.9 Å². The first-order chi connectivity index (χ1) is 10.9. The molecule has 23 heavy (non-hydrogen) atoms. The van der Waals surface area contributed by atoms with Gasteiger partial charge >= 0.3 is 0 Å². The summed E-state index contributed by atoms with van der Waals surface area (Å²) in [5, 5.41) is 0.872. The van der Waals surface area contributed by atoms with E-state index in [0.717, 1.165) is 36.6 Å². The molecule has 1 fully saturated rings. The Hall–Kier alpha value is -1.46. The lowest BCUT2D eigenvalue weighted by Gasteiger charge is -2.33. The minimum Gasteiger partial charge on any atom is -0.255 e. The number of sulfonamides is 1. The van der Waals surface area contributed by atoms with Crippen molar-refractivity contribution >= 4 is 20.9 Å². The topological polar surface area (TPSA) is 50.3 Å². The van der Waals surface area contributed by atoms with Gasteiger partial charge in [-0.2, -0.15) is 4.31 Å². The molecule has 5 heteroatoms. The zero-order valence-electron chi connectivity index (χ0n) is 14.0. The quantitative estimate of drug-likeness (QED) is 0.860. The van der Waals surface area contributed by atoms with Crippen molar-refractivity contribution in [2.24, 2.45) is 5.92 Å². The van der Waals surface area contributed by atoms with Crippen molar-refractivity contribution < 1.29 is 8.42 Å². The molecule has 0 spiro atoms. The highest BCUT2D eigenvalue weighted by atomic mass is 32.2. The van der Waals surface area contributed by atoms with E-state index in [1.165, 1.54) is 0 Å². The van der Waals surface area contributed by atoms with Crippen molar-refractivity contribution in [2.75, 3.05) is 7.05 Å². The highest BCUT2D eigenvalue weighted by Gasteiger charge is 2.31. The van der Waals surface area contributed by atoms with Crippen molar-refractivity contribution in [3.63, 3.8) is 0 Å². The summed E-state index contributed by atoms with van der Waals surface area (Å²) in [4.78, 5) is 4.70. The lowest BCUT2D eigenvalue weighted by molar-refractivity contribution is 0.246. The van der Waals surface area contributed by atoms with Crippen molar-refractivity contribution in [3.05, 3.63) is 36.0 Å². The van der Waals surface area contributed by atoms with Gasteiger partial charge in [0, 0.05) is 24.7 Å². The third-order valence-corrected chi connectivity index (χ3v) is 6.91. The molecule has 1 aliphatic carbocycles. The summed E-state index contributed by atoms with van der Waals surface area (Å²) >= 11 is 0. The molecule has 0 N–H and O–H groups in total. The average molecular weight is 332 g/mol. The predicted octanol–water partition coefficient (Wildman–Crippen LogP) is 3.74. The molecule has 1 saturated carbocycles. The lowest BCUT2D eigenvalue weighted by Crippen LogP contribution is -2.39. The molecule has 1 aromatic heterocycles. The zero-order valence-corrected chi connectivity index (χ0v) is 14.8. The minimum atomic E-state index is -3.52. The number of fused-ring (bicyclic) bond motifs is 1. The van der Waals surface area contributed by atoms with E-state index in [4.69, 9.17) is 0 Å². The molecular weight excluding hydrogens is 308 g/mol. The van der Waals surface area contributed by atoms with E-state index >= 15 is 0 Å². The highest BCUT2D eigenvalue weighted by Crippen LogP contribution is 2.31. The maximum Gasteiger partial charge on any atom is 0.245 e. The maximum atomic E-state index is 13.1. The molecule has 3 rings (SSSR count). The number of hydrogen-bond acceptors (Lipinski definition) is 3. The van der Waals surface area contributed by atoms with E-state index in [1.807, 2.05) is 19.1 Å². The van der Waals surface area contributed by atoms with Crippen molar-refractivity contribution in [3.8, 4) is 0 Å². The minimum absolute atomic E-state index is 0.0944. The number of pyridine rings is 1. The van der Waals surface area contributed by atoms with E-state index in [2.05, 4.69) is 11.9 Å². The zero-order chi connectivity index (χ0) is 16.6. The SMILES string of the molecule is Cc1cnc2c(S(=O)(=O)N(C)C3CCC(C)CC3)cccc2c1. The maximum absolute atomic E-state index is 13.1. The van der Waals surface area contributed by atoms with Crippen molar-refractivity contribution in [2.45, 2.75) is 50.5 Å². The van der Waals surface area contributed by atoms with Gasteiger partial charge in [0.05, 0.1) is 5.52 Å². The summed E-state index contributed by atoms with van der Waals surface area (Å²) in [6.07, 6.45) is 5.79. The molecule has 124 valence electrons. The third-order valence-electron chi connectivity index (χ3n) is 4.97. The Labute approximate surface area is 138 Å². The summed E-state index contributed by atoms with van der Waals surface area (Å²) < 4.78 is 27.8. The van der Waals surface area contributed by atoms with Gasteiger partial charge in [-0.25, -0.2) is 8.42 Å². The van der Waals surface area contributed by atoms with Gasteiger partial charge in [-0.1, -0.05) is 19.1 Å². The first kappa shape index (κ1) is 16.4. The normalized spacial score (nSPS) is 22.6. The summed E-state index contributed by atoms with van der Waals surface area (Å²) in [6, 6.07) is 7.45. The second-order valence-corrected chi connectivity index (χ2v) is 8.74. The van der Waals surface area contributed by atoms with Crippen LogP contribution in [-0.4, -0.2) is 30.8 Å². The number of para-hydroxylation sites is 1. The van der Waals surface area contributed by atoms with Gasteiger partial charge in [-0.05, 0) is 56.2 Å². The molecule has 1 aliphatic rings. The Kier molecular flexibility index (Phi) is 4.43. The summed E-state index contributed by atoms with van der Waals surface area (Å²) in [6.45, 7) is 4.20. The van der Waals surface area contributed by atoms with E-state index < -0.39 is 10.0 Å². The highest BCUT2D eigenvalue weighted by molar-refractivity contribution is 7.89. The van der Waals surface area contributed by atoms with Crippen LogP contribution in [0.3, 0.4) is 0 Å². The largest absolute Gasteiger partial charge is 0.255 e. The van der Waals surface area contributed by atoms with Gasteiger partial charge in [0.1, 0.15) is 4.90 Å². The second kappa shape index (κ2) is 6.21. The number of aryl methyl sites for hydroxylation is 1. The Morgan fingerprint density at radius 1 is 1.17 bits per heavy atom. The van der Waals surface area contributed by atoms with Crippen LogP contribution in [0, 0.1) is 12.8 Å². The van der Waals surface area contributed by atoms with Crippen LogP contribution in [0.2, 0.25) is 0 Å². The molecule has 0 amide bonds. The Morgan fingerprint density at radius 2 is 1.87 bits per heavy atom. The van der Waals surface area contributed by atoms with Gasteiger partial charge in [-0.3, -0.25) is 4.98 Å². The lowest BCUT2D eigenvalue weighted by atomic mass is 9.87. The molecule has 0 atom stereocenters. The van der Waals surface area contributed by atoms with Crippen LogP contribution in [0.5, 0.6) is 0 Å². The van der Waals surface area contributed by atoms with Gasteiger partial charge < -0.3 is 0 Å². The molecule has 0 unspecified atom stereocenters. The fourth-order valence-electron chi connectivity index (χ4n) is 3.41. The number of hydrogen-bond donors (Lipinski definition) is 0. The van der Waals surface area contributed by atoms with Crippen LogP contribution in [0.1, 0.15) is 38.2 Å². The first-order valence-corrected chi connectivity index (χ1v) is 9.67. The van der Waals surface area contributed by atoms with Gasteiger partial charge in [0.2, 0.25) is 10.0 Å². The number of benzene rings is 1. The van der Waals surface area contributed by atoms with Crippen LogP contribution >= 0.6 is 0 Å². The number of rotatable bonds is 3. The van der Waals surface area contributed by atoms with Gasteiger partial charge in [-0.15, -0.1) is 0 Å². The Morgan fingerprint density at radius 3 is 2.57 bits per heavy atom. The standard InChI is InChI=1S/C18H24N2O2S/c1-13-7-9-16(10-8-13)20(3)23(21,22)17-6-4-5-15-11-14(2)12-19-18(15)17/h4-6,11-13,16H,7-10H2,1-3H3. The van der Waals surface area contributed by atoms with E-state index in [1.54, 1.807) is 29.7 Å². The molecule has 0 aliphatic heterocycles. The van der Waals surface area contributed by atoms with Crippen LogP contribution < -0.4 is 0 Å². The molecular formula is C18H24N2O2S. The summed E-state index contributed by atoms with van der Waals surface area (Å²) in [5.41, 5.74) is 1.59. The van der Waals surface area contributed by atoms with Gasteiger partial charge in [0.15, 0.2) is 0 Å². The second-order valence-electron chi connectivity index (χ2n) is 6.78. The summed E-state index contributed by atoms with van der Waals surface area (Å²) in [5.74, 6) is 0.699. The van der Waals surface area contributed by atoms with Crippen LogP contribution in [0.15, 0.2) is 35.4 Å². The van der Waals surface area contributed by atoms with Crippen molar-refractivity contribution in [1.29, 1.82) is 0 Å². The fraction of sp³-hybridized carbons (Fsp3) is 0.500. The van der Waals surface area contributed by atoms with Crippen molar-refractivity contribution in [1.82, 2.24) is 9.29 Å². The predicted molar refractivity (Wildman–Crippen MR) is 92.8 cm³/mol. The first-order valence-electron chi connectivity index (χ1n) is 8.23. The summed E-state index contributed by atoms with van der Waals surface area (Å²) in [7, 11) is -1.81. The number of aromatic nitrogens is 1. The third kappa shape index (κ3) is 3.12. The Bertz CT molecular complexity index is 809. The molecule has 0 radical (unpaired) electrons. The molecule has 0 bridgehead atoms. The van der Waals surface area contributed by atoms with Gasteiger partial charge in [0.25, 0.3) is 0 Å². The Balaban J connectivity index is 1.99. The van der Waals surface area contributed by atoms with E-state index in [-0.39, 0.29) is 6.04 Å². The van der Waals surface area contributed by atoms with E-state index in [0.29, 0.717) is 16.3 Å². The molecule has 1 heterocycles. The average Bonchev–Trinajstić information content (AvgIpc) is 2.54. The number of nitrogens with zero attached hydrogens (tertiary/aromatic N) is 2.